The van der Waals surface area contributed by atoms with Crippen LogP contribution in [-0.4, -0.2) is 25.1 Å². The fourth-order valence-electron chi connectivity index (χ4n) is 1.61. The Bertz CT molecular complexity index is 189. The van der Waals surface area contributed by atoms with Gasteiger partial charge in [0.1, 0.15) is 0 Å². The highest BCUT2D eigenvalue weighted by atomic mass is 16.7. The van der Waals surface area contributed by atoms with Gasteiger partial charge >= 0.3 is 0 Å². The number of hydrogen-bond donors (Lipinski definition) is 2. The van der Waals surface area contributed by atoms with Crippen LogP contribution in [0.4, 0.5) is 0 Å². The lowest BCUT2D eigenvalue weighted by atomic mass is 10.2. The van der Waals surface area contributed by atoms with Crippen LogP contribution in [0.1, 0.15) is 39.5 Å². The largest absolute Gasteiger partial charge is 0.355 e. The van der Waals surface area contributed by atoms with E-state index in [0.717, 1.165) is 19.4 Å². The standard InChI is InChI=1S/C11H22N2O2/c1-9(2)7-12-11(14)8-13-15-10-5-3-4-6-10/h9-10,13H,3-8H2,1-2H3,(H,12,14). The number of carbonyl (C=O) groups excluding carboxylic acids is 1. The van der Waals surface area contributed by atoms with Crippen LogP contribution in [0.2, 0.25) is 0 Å². The molecule has 0 aromatic carbocycles. The number of nitrogens with one attached hydrogen (secondary N) is 2. The third kappa shape index (κ3) is 5.74. The minimum Gasteiger partial charge on any atom is -0.355 e. The van der Waals surface area contributed by atoms with Gasteiger partial charge in [-0.2, -0.15) is 5.48 Å². The van der Waals surface area contributed by atoms with Gasteiger partial charge in [0.05, 0.1) is 12.6 Å². The lowest BCUT2D eigenvalue weighted by Crippen LogP contribution is -2.37. The van der Waals surface area contributed by atoms with Gasteiger partial charge in [0.2, 0.25) is 5.91 Å². The Morgan fingerprint density at radius 3 is 2.67 bits per heavy atom. The maximum atomic E-state index is 11.3. The summed E-state index contributed by atoms with van der Waals surface area (Å²) in [5, 5.41) is 2.83. The number of carbonyl (C=O) groups is 1. The number of hydroxylamine groups is 1. The van der Waals surface area contributed by atoms with Crippen molar-refractivity contribution < 1.29 is 9.63 Å². The second kappa shape index (κ2) is 6.80. The molecule has 1 aliphatic rings. The fourth-order valence-corrected chi connectivity index (χ4v) is 1.61. The van der Waals surface area contributed by atoms with Gasteiger partial charge in [0.15, 0.2) is 0 Å². The Morgan fingerprint density at radius 1 is 1.40 bits per heavy atom. The SMILES string of the molecule is CC(C)CNC(=O)CNOC1CCCC1. The van der Waals surface area contributed by atoms with Crippen molar-refractivity contribution in [3.05, 3.63) is 0 Å². The molecule has 1 rings (SSSR count). The molecule has 4 heteroatoms. The summed E-state index contributed by atoms with van der Waals surface area (Å²) in [6.07, 6.45) is 5.02. The molecule has 88 valence electrons. The zero-order chi connectivity index (χ0) is 11.1. The molecular formula is C11H22N2O2. The third-order valence-corrected chi connectivity index (χ3v) is 2.49. The normalized spacial score (nSPS) is 17.3. The smallest absolute Gasteiger partial charge is 0.236 e. The fraction of sp³-hybridized carbons (Fsp3) is 0.909. The van der Waals surface area contributed by atoms with E-state index in [2.05, 4.69) is 24.6 Å². The van der Waals surface area contributed by atoms with Crippen LogP contribution in [0.3, 0.4) is 0 Å². The van der Waals surface area contributed by atoms with E-state index in [4.69, 9.17) is 4.84 Å². The Hall–Kier alpha value is -0.610. The highest BCUT2D eigenvalue weighted by molar-refractivity contribution is 5.77. The molecule has 1 saturated carbocycles. The molecule has 0 aromatic heterocycles. The maximum absolute atomic E-state index is 11.3. The number of hydrogen-bond acceptors (Lipinski definition) is 3. The van der Waals surface area contributed by atoms with Crippen molar-refractivity contribution >= 4 is 5.91 Å². The summed E-state index contributed by atoms with van der Waals surface area (Å²) in [5.74, 6) is 0.492. The molecule has 0 spiro atoms. The molecule has 0 heterocycles. The monoisotopic (exact) mass is 214 g/mol. The van der Waals surface area contributed by atoms with Crippen LogP contribution in [0.15, 0.2) is 0 Å². The highest BCUT2D eigenvalue weighted by Gasteiger charge is 2.15. The molecule has 0 saturated heterocycles. The van der Waals surface area contributed by atoms with E-state index in [1.54, 1.807) is 0 Å². The molecule has 0 aliphatic heterocycles. The first-order chi connectivity index (χ1) is 7.18. The van der Waals surface area contributed by atoms with Crippen LogP contribution in [0.5, 0.6) is 0 Å². The lowest BCUT2D eigenvalue weighted by Gasteiger charge is -2.12. The van der Waals surface area contributed by atoms with E-state index in [1.807, 2.05) is 0 Å². The Balaban J connectivity index is 1.96. The van der Waals surface area contributed by atoms with Crippen molar-refractivity contribution in [3.8, 4) is 0 Å². The molecule has 0 radical (unpaired) electrons. The van der Waals surface area contributed by atoms with Crippen LogP contribution in [0.25, 0.3) is 0 Å². The second-order valence-electron chi connectivity index (χ2n) is 4.54. The number of amides is 1. The molecule has 1 aliphatic carbocycles. The predicted octanol–water partition coefficient (Wildman–Crippen LogP) is 1.22. The van der Waals surface area contributed by atoms with Gasteiger partial charge in [-0.1, -0.05) is 26.7 Å². The van der Waals surface area contributed by atoms with E-state index >= 15 is 0 Å². The van der Waals surface area contributed by atoms with E-state index in [9.17, 15) is 4.79 Å². The van der Waals surface area contributed by atoms with E-state index in [-0.39, 0.29) is 12.5 Å². The molecule has 0 bridgehead atoms. The minimum absolute atomic E-state index is 0.00157. The quantitative estimate of drug-likeness (QED) is 0.654. The van der Waals surface area contributed by atoms with E-state index < -0.39 is 0 Å². The van der Waals surface area contributed by atoms with Gasteiger partial charge in [-0.15, -0.1) is 0 Å². The van der Waals surface area contributed by atoms with Crippen molar-refractivity contribution in [2.24, 2.45) is 5.92 Å². The first-order valence-corrected chi connectivity index (χ1v) is 5.83. The Labute approximate surface area is 91.7 Å². The molecule has 15 heavy (non-hydrogen) atoms. The van der Waals surface area contributed by atoms with Crippen molar-refractivity contribution in [1.82, 2.24) is 10.8 Å². The second-order valence-corrected chi connectivity index (χ2v) is 4.54. The van der Waals surface area contributed by atoms with Gasteiger partial charge in [0, 0.05) is 6.54 Å². The summed E-state index contributed by atoms with van der Waals surface area (Å²) < 4.78 is 0. The Morgan fingerprint density at radius 2 is 2.07 bits per heavy atom. The summed E-state index contributed by atoms with van der Waals surface area (Å²) in [6.45, 7) is 5.12. The molecule has 0 aromatic rings. The van der Waals surface area contributed by atoms with E-state index in [1.165, 1.54) is 12.8 Å². The van der Waals surface area contributed by atoms with Crippen LogP contribution >= 0.6 is 0 Å². The first kappa shape index (κ1) is 12.5. The van der Waals surface area contributed by atoms with Gasteiger partial charge in [-0.3, -0.25) is 9.63 Å². The average molecular weight is 214 g/mol. The van der Waals surface area contributed by atoms with Crippen LogP contribution in [-0.2, 0) is 9.63 Å². The van der Waals surface area contributed by atoms with Gasteiger partial charge < -0.3 is 5.32 Å². The van der Waals surface area contributed by atoms with Crippen LogP contribution < -0.4 is 10.8 Å². The minimum atomic E-state index is 0.00157. The predicted molar refractivity (Wildman–Crippen MR) is 59.2 cm³/mol. The zero-order valence-electron chi connectivity index (χ0n) is 9.71. The number of rotatable bonds is 6. The first-order valence-electron chi connectivity index (χ1n) is 5.83. The summed E-state index contributed by atoms with van der Waals surface area (Å²) in [5.41, 5.74) is 2.74. The van der Waals surface area contributed by atoms with Gasteiger partial charge in [0.25, 0.3) is 0 Å². The average Bonchev–Trinajstić information content (AvgIpc) is 2.67. The molecule has 0 atom stereocenters. The zero-order valence-corrected chi connectivity index (χ0v) is 9.71. The summed E-state index contributed by atoms with van der Waals surface area (Å²) in [7, 11) is 0. The summed E-state index contributed by atoms with van der Waals surface area (Å²) >= 11 is 0. The maximum Gasteiger partial charge on any atom is 0.236 e. The molecular weight excluding hydrogens is 192 g/mol. The topological polar surface area (TPSA) is 50.4 Å². The molecule has 0 unspecified atom stereocenters. The van der Waals surface area contributed by atoms with Crippen LogP contribution in [0, 0.1) is 5.92 Å². The lowest BCUT2D eigenvalue weighted by molar-refractivity contribution is -0.124. The summed E-state index contributed by atoms with van der Waals surface area (Å²) in [6, 6.07) is 0. The third-order valence-electron chi connectivity index (χ3n) is 2.49. The van der Waals surface area contributed by atoms with Crippen molar-refractivity contribution in [1.29, 1.82) is 0 Å². The van der Waals surface area contributed by atoms with E-state index in [0.29, 0.717) is 12.0 Å². The molecule has 2 N–H and O–H groups in total. The van der Waals surface area contributed by atoms with Crippen molar-refractivity contribution in [2.45, 2.75) is 45.6 Å². The van der Waals surface area contributed by atoms with Crippen molar-refractivity contribution in [2.75, 3.05) is 13.1 Å². The molecule has 1 fully saturated rings. The molecule has 1 amide bonds. The summed E-state index contributed by atoms with van der Waals surface area (Å²) in [4.78, 5) is 16.6. The van der Waals surface area contributed by atoms with Gasteiger partial charge in [-0.05, 0) is 18.8 Å². The highest BCUT2D eigenvalue weighted by Crippen LogP contribution is 2.19. The van der Waals surface area contributed by atoms with Crippen molar-refractivity contribution in [3.63, 3.8) is 0 Å². The Kier molecular flexibility index (Phi) is 5.65. The van der Waals surface area contributed by atoms with Gasteiger partial charge in [-0.25, -0.2) is 0 Å². The molecule has 4 nitrogen and oxygen atoms in total.